The van der Waals surface area contributed by atoms with E-state index in [2.05, 4.69) is 18.2 Å². The molecular weight excluding hydrogens is 348 g/mol. The highest BCUT2D eigenvalue weighted by atomic mass is 35.5. The van der Waals surface area contributed by atoms with Crippen LogP contribution in [0.2, 0.25) is 5.02 Å². The van der Waals surface area contributed by atoms with Gasteiger partial charge in [0.1, 0.15) is 5.75 Å². The monoisotopic (exact) mass is 376 g/mol. The maximum absolute atomic E-state index is 10.0. The Morgan fingerprint density at radius 1 is 1.15 bits per heavy atom. The lowest BCUT2D eigenvalue weighted by molar-refractivity contribution is -0.0895. The minimum absolute atomic E-state index is 0. The van der Waals surface area contributed by atoms with Crippen molar-refractivity contribution in [1.29, 1.82) is 0 Å². The van der Waals surface area contributed by atoms with E-state index in [9.17, 15) is 5.11 Å². The van der Waals surface area contributed by atoms with Gasteiger partial charge in [-0.15, -0.1) is 0 Å². The van der Waals surface area contributed by atoms with Crippen molar-refractivity contribution in [1.82, 2.24) is 0 Å². The molecule has 1 aliphatic heterocycles. The van der Waals surface area contributed by atoms with Crippen molar-refractivity contribution in [2.75, 3.05) is 6.61 Å². The molecule has 0 radical (unpaired) electrons. The zero-order valence-corrected chi connectivity index (χ0v) is 15.5. The lowest BCUT2D eigenvalue weighted by Crippen LogP contribution is -2.29. The molecule has 0 aromatic heterocycles. The third-order valence-electron chi connectivity index (χ3n) is 4.56. The summed E-state index contributed by atoms with van der Waals surface area (Å²) >= 11 is 6.41. The van der Waals surface area contributed by atoms with Crippen LogP contribution in [0.4, 0.5) is 0 Å². The fourth-order valence-electron chi connectivity index (χ4n) is 3.35. The topological polar surface area (TPSA) is 38.7 Å². The first-order valence-electron chi connectivity index (χ1n) is 8.88. The molecular formula is C22H29ClO3. The molecule has 4 heteroatoms. The molecule has 0 bridgehead atoms. The van der Waals surface area contributed by atoms with Crippen LogP contribution in [-0.2, 0) is 11.2 Å². The van der Waals surface area contributed by atoms with E-state index in [0.29, 0.717) is 19.4 Å². The van der Waals surface area contributed by atoms with Crippen molar-refractivity contribution in [3.63, 3.8) is 0 Å². The molecule has 1 fully saturated rings. The fraction of sp³-hybridized carbons (Fsp3) is 0.455. The maximum atomic E-state index is 10.0. The van der Waals surface area contributed by atoms with Gasteiger partial charge in [0.2, 0.25) is 0 Å². The van der Waals surface area contributed by atoms with Crippen LogP contribution in [0.3, 0.4) is 0 Å². The Hall–Kier alpha value is -1.55. The van der Waals surface area contributed by atoms with E-state index < -0.39 is 0 Å². The van der Waals surface area contributed by atoms with Crippen LogP contribution in [0.1, 0.15) is 56.9 Å². The Kier molecular flexibility index (Phi) is 7.51. The second kappa shape index (κ2) is 9.40. The van der Waals surface area contributed by atoms with Gasteiger partial charge in [-0.2, -0.15) is 0 Å². The Balaban J connectivity index is 0.00000243. The summed E-state index contributed by atoms with van der Waals surface area (Å²) in [4.78, 5) is 0. The number of hydrogen-bond acceptors (Lipinski definition) is 3. The van der Waals surface area contributed by atoms with Crippen molar-refractivity contribution in [2.45, 2.75) is 58.8 Å². The third-order valence-corrected chi connectivity index (χ3v) is 4.93. The number of benzene rings is 2. The van der Waals surface area contributed by atoms with E-state index in [1.165, 1.54) is 5.56 Å². The van der Waals surface area contributed by atoms with Crippen molar-refractivity contribution in [3.05, 3.63) is 64.2 Å². The molecule has 1 heterocycles. The van der Waals surface area contributed by atoms with E-state index >= 15 is 0 Å². The molecule has 3 unspecified atom stereocenters. The molecule has 3 atom stereocenters. The van der Waals surface area contributed by atoms with E-state index in [-0.39, 0.29) is 25.7 Å². The van der Waals surface area contributed by atoms with Gasteiger partial charge in [-0.3, -0.25) is 0 Å². The zero-order valence-electron chi connectivity index (χ0n) is 14.7. The van der Waals surface area contributed by atoms with Gasteiger partial charge in [-0.25, -0.2) is 0 Å². The molecule has 1 aliphatic rings. The van der Waals surface area contributed by atoms with E-state index in [1.54, 1.807) is 0 Å². The maximum Gasteiger partial charge on any atom is 0.119 e. The third kappa shape index (κ3) is 5.23. The molecule has 3 rings (SSSR count). The van der Waals surface area contributed by atoms with Gasteiger partial charge < -0.3 is 14.6 Å². The Labute approximate surface area is 161 Å². The Morgan fingerprint density at radius 3 is 2.54 bits per heavy atom. The highest BCUT2D eigenvalue weighted by molar-refractivity contribution is 6.31. The first kappa shape index (κ1) is 20.8. The number of halogens is 1. The quantitative estimate of drug-likeness (QED) is 0.741. The van der Waals surface area contributed by atoms with Crippen LogP contribution in [0, 0.1) is 0 Å². The smallest absolute Gasteiger partial charge is 0.119 e. The molecule has 26 heavy (non-hydrogen) atoms. The number of aliphatic hydroxyl groups is 1. The largest absolute Gasteiger partial charge is 0.494 e. The first-order valence-corrected chi connectivity index (χ1v) is 9.26. The predicted octanol–water partition coefficient (Wildman–Crippen LogP) is 5.57. The normalized spacial score (nSPS) is 22.5. The molecule has 0 spiro atoms. The van der Waals surface area contributed by atoms with Gasteiger partial charge >= 0.3 is 0 Å². The average molecular weight is 377 g/mol. The van der Waals surface area contributed by atoms with Crippen molar-refractivity contribution in [3.8, 4) is 5.75 Å². The minimum atomic E-state index is -0.306. The number of aliphatic hydroxyl groups excluding tert-OH is 1. The molecule has 142 valence electrons. The molecule has 0 amide bonds. The molecule has 2 aromatic rings. The minimum Gasteiger partial charge on any atom is -0.494 e. The van der Waals surface area contributed by atoms with Crippen LogP contribution in [0.25, 0.3) is 0 Å². The van der Waals surface area contributed by atoms with Gasteiger partial charge in [0, 0.05) is 11.4 Å². The predicted molar refractivity (Wildman–Crippen MR) is 107 cm³/mol. The van der Waals surface area contributed by atoms with E-state index in [0.717, 1.165) is 28.3 Å². The summed E-state index contributed by atoms with van der Waals surface area (Å²) in [5, 5.41) is 10.8. The van der Waals surface area contributed by atoms with Crippen LogP contribution in [0.15, 0.2) is 42.5 Å². The SMILES string of the molecule is C.CCOc1ccc(Cc2cc(C3CC(O)CC(C)O3)ccc2Cl)cc1. The summed E-state index contributed by atoms with van der Waals surface area (Å²) in [6.45, 7) is 4.65. The summed E-state index contributed by atoms with van der Waals surface area (Å²) in [5.41, 5.74) is 3.33. The van der Waals surface area contributed by atoms with E-state index in [1.807, 2.05) is 38.1 Å². The second-order valence-electron chi connectivity index (χ2n) is 6.67. The molecule has 3 nitrogen and oxygen atoms in total. The number of rotatable bonds is 5. The first-order chi connectivity index (χ1) is 12.0. The summed E-state index contributed by atoms with van der Waals surface area (Å²) in [7, 11) is 0. The van der Waals surface area contributed by atoms with Crippen LogP contribution in [0.5, 0.6) is 5.75 Å². The number of hydrogen-bond donors (Lipinski definition) is 1. The zero-order chi connectivity index (χ0) is 17.8. The van der Waals surface area contributed by atoms with Gasteiger partial charge in [-0.05, 0) is 61.6 Å². The second-order valence-corrected chi connectivity index (χ2v) is 7.07. The molecule has 2 aromatic carbocycles. The van der Waals surface area contributed by atoms with Crippen molar-refractivity contribution < 1.29 is 14.6 Å². The van der Waals surface area contributed by atoms with Crippen molar-refractivity contribution in [2.24, 2.45) is 0 Å². The molecule has 0 aliphatic carbocycles. The van der Waals surface area contributed by atoms with Gasteiger partial charge in [0.25, 0.3) is 0 Å². The highest BCUT2D eigenvalue weighted by Gasteiger charge is 2.27. The standard InChI is InChI=1S/C21H25ClO3.CH4/c1-3-24-19-7-4-15(5-8-19)11-17-12-16(6-9-20(17)22)21-13-18(23)10-14(2)25-21;/h4-9,12,14,18,21,23H,3,10-11,13H2,1-2H3;1H4. The van der Waals surface area contributed by atoms with Crippen molar-refractivity contribution >= 4 is 11.6 Å². The van der Waals surface area contributed by atoms with Gasteiger partial charge in [0.15, 0.2) is 0 Å². The van der Waals surface area contributed by atoms with Crippen LogP contribution in [-0.4, -0.2) is 23.9 Å². The Morgan fingerprint density at radius 2 is 1.88 bits per heavy atom. The Bertz CT molecular complexity index is 689. The van der Waals surface area contributed by atoms with E-state index in [4.69, 9.17) is 21.1 Å². The molecule has 1 N–H and O–H groups in total. The lowest BCUT2D eigenvalue weighted by Gasteiger charge is -2.31. The summed E-state index contributed by atoms with van der Waals surface area (Å²) in [6.07, 6.45) is 1.77. The average Bonchev–Trinajstić information content (AvgIpc) is 2.58. The molecule has 0 saturated carbocycles. The number of ether oxygens (including phenoxy) is 2. The van der Waals surface area contributed by atoms with Gasteiger partial charge in [-0.1, -0.05) is 43.3 Å². The summed E-state index contributed by atoms with van der Waals surface area (Å²) in [6, 6.07) is 14.1. The summed E-state index contributed by atoms with van der Waals surface area (Å²) in [5.74, 6) is 0.879. The van der Waals surface area contributed by atoms with Gasteiger partial charge in [0.05, 0.1) is 24.9 Å². The fourth-order valence-corrected chi connectivity index (χ4v) is 3.54. The highest BCUT2D eigenvalue weighted by Crippen LogP contribution is 2.33. The lowest BCUT2D eigenvalue weighted by atomic mass is 9.94. The van der Waals surface area contributed by atoms with Crippen LogP contribution >= 0.6 is 11.6 Å². The summed E-state index contributed by atoms with van der Waals surface area (Å²) < 4.78 is 11.5. The van der Waals surface area contributed by atoms with Crippen LogP contribution < -0.4 is 4.74 Å². The molecule has 1 saturated heterocycles.